The number of H-pyrrole nitrogens is 1. The van der Waals surface area contributed by atoms with Crippen LogP contribution < -0.4 is 10.3 Å². The molecular formula is C18H15N5O2S. The van der Waals surface area contributed by atoms with Gasteiger partial charge in [-0.2, -0.15) is 10.1 Å². The van der Waals surface area contributed by atoms with Crippen molar-refractivity contribution in [1.82, 2.24) is 24.7 Å². The highest BCUT2D eigenvalue weighted by molar-refractivity contribution is 7.99. The Hall–Kier alpha value is -3.13. The first-order valence-corrected chi connectivity index (χ1v) is 9.00. The van der Waals surface area contributed by atoms with Gasteiger partial charge in [-0.1, -0.05) is 42.1 Å². The maximum absolute atomic E-state index is 12.9. The first-order valence-electron chi connectivity index (χ1n) is 8.01. The molecular weight excluding hydrogens is 350 g/mol. The second kappa shape index (κ2) is 7.40. The van der Waals surface area contributed by atoms with E-state index in [9.17, 15) is 4.79 Å². The monoisotopic (exact) mass is 365 g/mol. The van der Waals surface area contributed by atoms with Gasteiger partial charge in [-0.05, 0) is 24.3 Å². The van der Waals surface area contributed by atoms with Crippen molar-refractivity contribution in [2.75, 3.05) is 12.4 Å². The number of para-hydroxylation sites is 2. The van der Waals surface area contributed by atoms with Gasteiger partial charge < -0.3 is 4.74 Å². The van der Waals surface area contributed by atoms with Crippen LogP contribution in [0.25, 0.3) is 16.9 Å². The summed E-state index contributed by atoms with van der Waals surface area (Å²) in [6.45, 7) is 0.494. The van der Waals surface area contributed by atoms with Gasteiger partial charge in [-0.15, -0.1) is 0 Å². The number of thioether (sulfide) groups is 1. The predicted molar refractivity (Wildman–Crippen MR) is 99.9 cm³/mol. The van der Waals surface area contributed by atoms with Crippen LogP contribution in [0.3, 0.4) is 0 Å². The van der Waals surface area contributed by atoms with Crippen LogP contribution in [-0.2, 0) is 0 Å². The van der Waals surface area contributed by atoms with Crippen molar-refractivity contribution >= 4 is 22.7 Å². The van der Waals surface area contributed by atoms with Crippen molar-refractivity contribution < 1.29 is 4.74 Å². The second-order valence-corrected chi connectivity index (χ2v) is 6.43. The maximum Gasteiger partial charge on any atom is 0.269 e. The summed E-state index contributed by atoms with van der Waals surface area (Å²) >= 11 is 1.43. The third-order valence-corrected chi connectivity index (χ3v) is 4.59. The number of fused-ring (bicyclic) bond motifs is 1. The van der Waals surface area contributed by atoms with E-state index in [2.05, 4.69) is 20.2 Å². The standard InChI is InChI=1S/C18H15N5O2S/c24-16-14-8-4-5-9-15(14)21-18(23(16)17-19-12-20-22-17)26-11-10-25-13-6-2-1-3-7-13/h1-9,12H,10-11H2,(H,19,20,22). The van der Waals surface area contributed by atoms with Crippen LogP contribution in [0.5, 0.6) is 5.75 Å². The molecule has 4 rings (SSSR count). The highest BCUT2D eigenvalue weighted by Crippen LogP contribution is 2.20. The number of aromatic nitrogens is 5. The lowest BCUT2D eigenvalue weighted by molar-refractivity contribution is 0.344. The fraction of sp³-hybridized carbons (Fsp3) is 0.111. The van der Waals surface area contributed by atoms with Crippen LogP contribution in [0.2, 0.25) is 0 Å². The summed E-state index contributed by atoms with van der Waals surface area (Å²) in [6.07, 6.45) is 1.37. The van der Waals surface area contributed by atoms with Gasteiger partial charge in [0.25, 0.3) is 5.56 Å². The average Bonchev–Trinajstić information content (AvgIpc) is 3.20. The number of hydrogen-bond donors (Lipinski definition) is 1. The van der Waals surface area contributed by atoms with E-state index in [0.717, 1.165) is 5.75 Å². The highest BCUT2D eigenvalue weighted by atomic mass is 32.2. The predicted octanol–water partition coefficient (Wildman–Crippen LogP) is 2.67. The molecule has 0 amide bonds. The summed E-state index contributed by atoms with van der Waals surface area (Å²) in [4.78, 5) is 21.6. The van der Waals surface area contributed by atoms with Gasteiger partial charge >= 0.3 is 0 Å². The summed E-state index contributed by atoms with van der Waals surface area (Å²) in [5, 5.41) is 7.65. The first kappa shape index (κ1) is 16.3. The van der Waals surface area contributed by atoms with Gasteiger partial charge in [-0.25, -0.2) is 14.6 Å². The second-order valence-electron chi connectivity index (χ2n) is 5.37. The molecule has 0 spiro atoms. The van der Waals surface area contributed by atoms with Gasteiger partial charge in [0.2, 0.25) is 5.95 Å². The molecule has 0 saturated carbocycles. The molecule has 0 fully saturated rings. The summed E-state index contributed by atoms with van der Waals surface area (Å²) in [7, 11) is 0. The Balaban J connectivity index is 1.61. The number of nitrogens with one attached hydrogen (secondary N) is 1. The number of rotatable bonds is 6. The van der Waals surface area contributed by atoms with E-state index in [1.807, 2.05) is 48.5 Å². The first-order chi connectivity index (χ1) is 12.8. The van der Waals surface area contributed by atoms with Crippen molar-refractivity contribution in [2.24, 2.45) is 0 Å². The van der Waals surface area contributed by atoms with Crippen LogP contribution in [0.1, 0.15) is 0 Å². The van der Waals surface area contributed by atoms with E-state index in [0.29, 0.717) is 34.4 Å². The Morgan fingerprint density at radius 2 is 1.88 bits per heavy atom. The van der Waals surface area contributed by atoms with Crippen LogP contribution in [-0.4, -0.2) is 37.1 Å². The Morgan fingerprint density at radius 3 is 2.69 bits per heavy atom. The van der Waals surface area contributed by atoms with Gasteiger partial charge in [-0.3, -0.25) is 4.79 Å². The van der Waals surface area contributed by atoms with E-state index in [1.54, 1.807) is 6.07 Å². The third-order valence-electron chi connectivity index (χ3n) is 3.69. The summed E-state index contributed by atoms with van der Waals surface area (Å²) in [6, 6.07) is 16.9. The molecule has 0 saturated heterocycles. The lowest BCUT2D eigenvalue weighted by Gasteiger charge is -2.11. The molecule has 26 heavy (non-hydrogen) atoms. The summed E-state index contributed by atoms with van der Waals surface area (Å²) < 4.78 is 7.15. The lowest BCUT2D eigenvalue weighted by Crippen LogP contribution is -2.23. The average molecular weight is 365 g/mol. The number of benzene rings is 2. The number of hydrogen-bond acceptors (Lipinski definition) is 6. The Morgan fingerprint density at radius 1 is 1.08 bits per heavy atom. The van der Waals surface area contributed by atoms with Crippen molar-refractivity contribution in [3.05, 3.63) is 71.3 Å². The zero-order chi connectivity index (χ0) is 17.8. The smallest absolute Gasteiger partial charge is 0.269 e. The fourth-order valence-corrected chi connectivity index (χ4v) is 3.32. The summed E-state index contributed by atoms with van der Waals surface area (Å²) in [5.74, 6) is 1.79. The molecule has 0 radical (unpaired) electrons. The maximum atomic E-state index is 12.9. The van der Waals surface area contributed by atoms with Crippen LogP contribution in [0.4, 0.5) is 0 Å². The Kier molecular flexibility index (Phi) is 4.65. The molecule has 0 bridgehead atoms. The third kappa shape index (κ3) is 3.31. The molecule has 0 aliphatic heterocycles. The van der Waals surface area contributed by atoms with Gasteiger partial charge in [0.15, 0.2) is 5.16 Å². The topological polar surface area (TPSA) is 85.7 Å². The Labute approximate surface area is 153 Å². The Bertz CT molecular complexity index is 1060. The SMILES string of the molecule is O=c1c2ccccc2nc(SCCOc2ccccc2)n1-c1ncn[nH]1. The molecule has 2 aromatic carbocycles. The van der Waals surface area contributed by atoms with Gasteiger partial charge in [0.05, 0.1) is 17.5 Å². The largest absolute Gasteiger partial charge is 0.493 e. The normalized spacial score (nSPS) is 10.9. The van der Waals surface area contributed by atoms with E-state index in [-0.39, 0.29) is 5.56 Å². The van der Waals surface area contributed by atoms with Crippen LogP contribution in [0.15, 0.2) is 70.9 Å². The molecule has 0 unspecified atom stereocenters. The van der Waals surface area contributed by atoms with Crippen molar-refractivity contribution in [3.8, 4) is 11.7 Å². The van der Waals surface area contributed by atoms with Crippen LogP contribution >= 0.6 is 11.8 Å². The van der Waals surface area contributed by atoms with Crippen molar-refractivity contribution in [3.63, 3.8) is 0 Å². The molecule has 0 aliphatic carbocycles. The molecule has 8 heteroatoms. The molecule has 4 aromatic rings. The zero-order valence-corrected chi connectivity index (χ0v) is 14.5. The molecule has 130 valence electrons. The lowest BCUT2D eigenvalue weighted by atomic mass is 10.2. The van der Waals surface area contributed by atoms with Crippen LogP contribution in [0, 0.1) is 0 Å². The van der Waals surface area contributed by atoms with Crippen molar-refractivity contribution in [2.45, 2.75) is 5.16 Å². The zero-order valence-electron chi connectivity index (χ0n) is 13.7. The quantitative estimate of drug-likeness (QED) is 0.321. The molecule has 1 N–H and O–H groups in total. The minimum absolute atomic E-state index is 0.182. The molecule has 0 aliphatic rings. The van der Waals surface area contributed by atoms with Gasteiger partial charge in [0, 0.05) is 5.75 Å². The summed E-state index contributed by atoms with van der Waals surface area (Å²) in [5.41, 5.74) is 0.471. The molecule has 2 heterocycles. The minimum Gasteiger partial charge on any atom is -0.493 e. The van der Waals surface area contributed by atoms with E-state index in [1.165, 1.54) is 22.7 Å². The van der Waals surface area contributed by atoms with E-state index in [4.69, 9.17) is 4.74 Å². The molecule has 2 aromatic heterocycles. The van der Waals surface area contributed by atoms with E-state index >= 15 is 0 Å². The number of aromatic amines is 1. The number of ether oxygens (including phenoxy) is 1. The number of nitrogens with zero attached hydrogens (tertiary/aromatic N) is 4. The van der Waals surface area contributed by atoms with Crippen molar-refractivity contribution in [1.29, 1.82) is 0 Å². The van der Waals surface area contributed by atoms with Gasteiger partial charge in [0.1, 0.15) is 12.1 Å². The molecule has 7 nitrogen and oxygen atoms in total. The fourth-order valence-electron chi connectivity index (χ4n) is 2.51. The van der Waals surface area contributed by atoms with E-state index < -0.39 is 0 Å². The minimum atomic E-state index is -0.182. The highest BCUT2D eigenvalue weighted by Gasteiger charge is 2.14. The molecule has 0 atom stereocenters.